The normalized spacial score (nSPS) is 10.9. The number of likely N-dealkylation sites (N-methyl/N-ethyl adjacent to an activating group) is 1. The Hall–Kier alpha value is -1.00. The molecule has 0 amide bonds. The van der Waals surface area contributed by atoms with Crippen molar-refractivity contribution in [1.29, 1.82) is 0 Å². The van der Waals surface area contributed by atoms with Gasteiger partial charge in [0.15, 0.2) is 0 Å². The SMILES string of the molecule is CN(CCN)Cc1ccc(F)cc1F. The lowest BCUT2D eigenvalue weighted by Gasteiger charge is -2.15. The maximum absolute atomic E-state index is 13.2. The summed E-state index contributed by atoms with van der Waals surface area (Å²) in [7, 11) is 1.84. The van der Waals surface area contributed by atoms with Gasteiger partial charge in [0.25, 0.3) is 0 Å². The van der Waals surface area contributed by atoms with E-state index in [4.69, 9.17) is 5.73 Å². The van der Waals surface area contributed by atoms with Gasteiger partial charge < -0.3 is 10.6 Å². The summed E-state index contributed by atoms with van der Waals surface area (Å²) < 4.78 is 25.7. The first-order valence-corrected chi connectivity index (χ1v) is 4.46. The number of halogens is 2. The van der Waals surface area contributed by atoms with Crippen molar-refractivity contribution in [3.63, 3.8) is 0 Å². The number of nitrogens with two attached hydrogens (primary N) is 1. The van der Waals surface area contributed by atoms with Crippen LogP contribution >= 0.6 is 0 Å². The molecule has 0 unspecified atom stereocenters. The third-order valence-corrected chi connectivity index (χ3v) is 1.97. The van der Waals surface area contributed by atoms with E-state index < -0.39 is 11.6 Å². The van der Waals surface area contributed by atoms with Gasteiger partial charge in [-0.15, -0.1) is 0 Å². The Kier molecular flexibility index (Phi) is 3.98. The third kappa shape index (κ3) is 3.05. The topological polar surface area (TPSA) is 29.3 Å². The molecule has 2 N–H and O–H groups in total. The van der Waals surface area contributed by atoms with E-state index >= 15 is 0 Å². The van der Waals surface area contributed by atoms with Gasteiger partial charge in [0.05, 0.1) is 0 Å². The molecule has 2 nitrogen and oxygen atoms in total. The first-order chi connectivity index (χ1) is 6.63. The number of nitrogens with zero attached hydrogens (tertiary/aromatic N) is 1. The highest BCUT2D eigenvalue weighted by Gasteiger charge is 2.05. The molecular formula is C10H14F2N2. The van der Waals surface area contributed by atoms with Gasteiger partial charge in [-0.25, -0.2) is 8.78 Å². The molecule has 0 atom stereocenters. The summed E-state index contributed by atoms with van der Waals surface area (Å²) in [5.74, 6) is -1.05. The summed E-state index contributed by atoms with van der Waals surface area (Å²) in [5.41, 5.74) is 5.84. The predicted molar refractivity (Wildman–Crippen MR) is 51.7 cm³/mol. The zero-order chi connectivity index (χ0) is 10.6. The van der Waals surface area contributed by atoms with Crippen LogP contribution < -0.4 is 5.73 Å². The van der Waals surface area contributed by atoms with E-state index in [-0.39, 0.29) is 0 Å². The Balaban J connectivity index is 2.67. The van der Waals surface area contributed by atoms with Crippen LogP contribution in [-0.4, -0.2) is 25.0 Å². The Morgan fingerprint density at radius 2 is 2.07 bits per heavy atom. The maximum atomic E-state index is 13.2. The molecule has 0 aromatic heterocycles. The van der Waals surface area contributed by atoms with Crippen molar-refractivity contribution in [3.8, 4) is 0 Å². The average molecular weight is 200 g/mol. The Bertz CT molecular complexity index is 302. The van der Waals surface area contributed by atoms with Gasteiger partial charge in [-0.1, -0.05) is 6.07 Å². The molecule has 0 heterocycles. The van der Waals surface area contributed by atoms with Crippen molar-refractivity contribution < 1.29 is 8.78 Å². The summed E-state index contributed by atoms with van der Waals surface area (Å²) in [6, 6.07) is 3.61. The van der Waals surface area contributed by atoms with Crippen LogP contribution in [0.1, 0.15) is 5.56 Å². The molecule has 1 aromatic rings. The van der Waals surface area contributed by atoms with Gasteiger partial charge in [-0.3, -0.25) is 0 Å². The minimum atomic E-state index is -0.548. The average Bonchev–Trinajstić information content (AvgIpc) is 2.10. The molecule has 78 valence electrons. The lowest BCUT2D eigenvalue weighted by atomic mass is 10.2. The maximum Gasteiger partial charge on any atom is 0.130 e. The van der Waals surface area contributed by atoms with Gasteiger partial charge in [0.1, 0.15) is 11.6 Å². The van der Waals surface area contributed by atoms with Crippen molar-refractivity contribution in [2.45, 2.75) is 6.54 Å². The smallest absolute Gasteiger partial charge is 0.130 e. The summed E-state index contributed by atoms with van der Waals surface area (Å²) in [6.07, 6.45) is 0. The number of hydrogen-bond donors (Lipinski definition) is 1. The van der Waals surface area contributed by atoms with E-state index in [0.717, 1.165) is 6.07 Å². The van der Waals surface area contributed by atoms with Crippen LogP contribution in [0.2, 0.25) is 0 Å². The molecule has 0 saturated heterocycles. The summed E-state index contributed by atoms with van der Waals surface area (Å²) in [4.78, 5) is 1.89. The van der Waals surface area contributed by atoms with Gasteiger partial charge in [-0.2, -0.15) is 0 Å². The molecule has 0 aliphatic rings. The van der Waals surface area contributed by atoms with Crippen LogP contribution in [0.4, 0.5) is 8.78 Å². The molecule has 0 aliphatic heterocycles. The van der Waals surface area contributed by atoms with Crippen LogP contribution in [0.25, 0.3) is 0 Å². The largest absolute Gasteiger partial charge is 0.329 e. The van der Waals surface area contributed by atoms with Crippen LogP contribution in [0.3, 0.4) is 0 Å². The van der Waals surface area contributed by atoms with Crippen molar-refractivity contribution in [1.82, 2.24) is 4.90 Å². The second kappa shape index (κ2) is 5.02. The minimum Gasteiger partial charge on any atom is -0.329 e. The fraction of sp³-hybridized carbons (Fsp3) is 0.400. The Labute approximate surface area is 82.3 Å². The molecule has 0 radical (unpaired) electrons. The van der Waals surface area contributed by atoms with E-state index in [0.29, 0.717) is 25.2 Å². The highest BCUT2D eigenvalue weighted by Crippen LogP contribution is 2.10. The number of rotatable bonds is 4. The molecular weight excluding hydrogens is 186 g/mol. The zero-order valence-electron chi connectivity index (χ0n) is 8.13. The quantitative estimate of drug-likeness (QED) is 0.795. The van der Waals surface area contributed by atoms with E-state index in [1.807, 2.05) is 11.9 Å². The second-order valence-corrected chi connectivity index (χ2v) is 3.26. The lowest BCUT2D eigenvalue weighted by molar-refractivity contribution is 0.330. The second-order valence-electron chi connectivity index (χ2n) is 3.26. The molecule has 0 aliphatic carbocycles. The van der Waals surface area contributed by atoms with E-state index in [2.05, 4.69) is 0 Å². The molecule has 4 heteroatoms. The lowest BCUT2D eigenvalue weighted by Crippen LogP contribution is -2.25. The van der Waals surface area contributed by atoms with Gasteiger partial charge >= 0.3 is 0 Å². The minimum absolute atomic E-state index is 0.448. The standard InChI is InChI=1S/C10H14F2N2/c1-14(5-4-13)7-8-2-3-9(11)6-10(8)12/h2-3,6H,4-5,7,13H2,1H3. The van der Waals surface area contributed by atoms with Crippen molar-refractivity contribution in [2.24, 2.45) is 5.73 Å². The molecule has 14 heavy (non-hydrogen) atoms. The molecule has 0 bridgehead atoms. The summed E-state index contributed by atoms with van der Waals surface area (Å²) in [5, 5.41) is 0. The van der Waals surface area contributed by atoms with Crippen molar-refractivity contribution in [2.75, 3.05) is 20.1 Å². The van der Waals surface area contributed by atoms with Crippen LogP contribution in [0, 0.1) is 11.6 Å². The van der Waals surface area contributed by atoms with Gasteiger partial charge in [0, 0.05) is 31.3 Å². The number of benzene rings is 1. The molecule has 0 saturated carbocycles. The third-order valence-electron chi connectivity index (χ3n) is 1.97. The highest BCUT2D eigenvalue weighted by atomic mass is 19.1. The van der Waals surface area contributed by atoms with Gasteiger partial charge in [-0.05, 0) is 13.1 Å². The zero-order valence-corrected chi connectivity index (χ0v) is 8.13. The molecule has 1 aromatic carbocycles. The first-order valence-electron chi connectivity index (χ1n) is 4.46. The summed E-state index contributed by atoms with van der Waals surface area (Å²) >= 11 is 0. The first kappa shape index (κ1) is 11.1. The van der Waals surface area contributed by atoms with Crippen molar-refractivity contribution >= 4 is 0 Å². The van der Waals surface area contributed by atoms with Crippen LogP contribution in [0.15, 0.2) is 18.2 Å². The highest BCUT2D eigenvalue weighted by molar-refractivity contribution is 5.18. The van der Waals surface area contributed by atoms with E-state index in [9.17, 15) is 8.78 Å². The molecule has 1 rings (SSSR count). The monoisotopic (exact) mass is 200 g/mol. The number of hydrogen-bond acceptors (Lipinski definition) is 2. The fourth-order valence-corrected chi connectivity index (χ4v) is 1.24. The van der Waals surface area contributed by atoms with Crippen LogP contribution in [0.5, 0.6) is 0 Å². The Morgan fingerprint density at radius 1 is 1.36 bits per heavy atom. The van der Waals surface area contributed by atoms with E-state index in [1.54, 1.807) is 0 Å². The fourth-order valence-electron chi connectivity index (χ4n) is 1.24. The molecule has 0 spiro atoms. The van der Waals surface area contributed by atoms with Crippen LogP contribution in [-0.2, 0) is 6.54 Å². The summed E-state index contributed by atoms with van der Waals surface area (Å²) in [6.45, 7) is 1.67. The van der Waals surface area contributed by atoms with Gasteiger partial charge in [0.2, 0.25) is 0 Å². The predicted octanol–water partition coefficient (Wildman–Crippen LogP) is 1.36. The Morgan fingerprint density at radius 3 is 2.64 bits per heavy atom. The van der Waals surface area contributed by atoms with E-state index in [1.165, 1.54) is 12.1 Å². The molecule has 0 fully saturated rings. The van der Waals surface area contributed by atoms with Crippen molar-refractivity contribution in [3.05, 3.63) is 35.4 Å².